The highest BCUT2D eigenvalue weighted by molar-refractivity contribution is 7.88. The highest BCUT2D eigenvalue weighted by atomic mass is 32.2. The van der Waals surface area contributed by atoms with E-state index in [0.29, 0.717) is 5.82 Å². The zero-order chi connectivity index (χ0) is 24.2. The summed E-state index contributed by atoms with van der Waals surface area (Å²) in [4.78, 5) is 18.2. The van der Waals surface area contributed by atoms with Crippen LogP contribution in [0.2, 0.25) is 0 Å². The van der Waals surface area contributed by atoms with Crippen LogP contribution in [0.1, 0.15) is 38.2 Å². The van der Waals surface area contributed by atoms with Crippen molar-refractivity contribution in [3.63, 3.8) is 0 Å². The van der Waals surface area contributed by atoms with E-state index in [1.54, 1.807) is 13.2 Å². The maximum Gasteiger partial charge on any atom is 0.236 e. The first kappa shape index (κ1) is 23.9. The highest BCUT2D eigenvalue weighted by Gasteiger charge is 2.42. The molecule has 180 valence electrons. The number of pyridine rings is 1. The largest absolute Gasteiger partial charge is 0.497 e. The Bertz CT molecular complexity index is 1260. The Morgan fingerprint density at radius 2 is 1.71 bits per heavy atom. The molecule has 1 aliphatic carbocycles. The van der Waals surface area contributed by atoms with Crippen LogP contribution in [0.15, 0.2) is 66.7 Å². The molecule has 34 heavy (non-hydrogen) atoms. The van der Waals surface area contributed by atoms with Crippen LogP contribution < -0.4 is 14.8 Å². The van der Waals surface area contributed by atoms with Crippen molar-refractivity contribution in [1.82, 2.24) is 9.71 Å². The van der Waals surface area contributed by atoms with E-state index in [4.69, 9.17) is 4.74 Å². The molecule has 7 nitrogen and oxygen atoms in total. The molecule has 1 fully saturated rings. The van der Waals surface area contributed by atoms with E-state index >= 15 is 0 Å². The molecule has 1 aromatic heterocycles. The van der Waals surface area contributed by atoms with Crippen molar-refractivity contribution in [3.8, 4) is 17.0 Å². The quantitative estimate of drug-likeness (QED) is 0.494. The van der Waals surface area contributed by atoms with Gasteiger partial charge < -0.3 is 10.1 Å². The average molecular weight is 482 g/mol. The van der Waals surface area contributed by atoms with E-state index in [9.17, 15) is 13.2 Å². The topological polar surface area (TPSA) is 97.4 Å². The van der Waals surface area contributed by atoms with Gasteiger partial charge in [0.2, 0.25) is 15.9 Å². The van der Waals surface area contributed by atoms with E-state index in [2.05, 4.69) is 15.0 Å². The minimum Gasteiger partial charge on any atom is -0.497 e. The molecule has 2 N–H and O–H groups in total. The first-order valence-corrected chi connectivity index (χ1v) is 13.2. The lowest BCUT2D eigenvalue weighted by Gasteiger charge is -2.28. The number of hydrogen-bond donors (Lipinski definition) is 2. The van der Waals surface area contributed by atoms with E-state index in [-0.39, 0.29) is 13.9 Å². The maximum absolute atomic E-state index is 13.5. The zero-order valence-corrected chi connectivity index (χ0v) is 20.2. The van der Waals surface area contributed by atoms with Gasteiger partial charge in [-0.2, -0.15) is 0 Å². The number of benzene rings is 2. The van der Waals surface area contributed by atoms with Gasteiger partial charge >= 0.3 is 0 Å². The summed E-state index contributed by atoms with van der Waals surface area (Å²) >= 11 is 0. The second-order valence-corrected chi connectivity index (χ2v) is 10.5. The van der Waals surface area contributed by atoms with Crippen molar-refractivity contribution in [1.29, 1.82) is 0 Å². The Morgan fingerprint density at radius 1 is 1.03 bits per heavy atom. The van der Waals surface area contributed by atoms with Gasteiger partial charge in [-0.15, -0.1) is 0 Å². The SMILES string of the molecule is COc1ccc(C2(C(=O)Nc3cccc(-c4ccc(CNS(C)(=O)=O)cc4)n3)CCCC2)cc1.[HH]. The molecule has 0 saturated heterocycles. The van der Waals surface area contributed by atoms with Gasteiger partial charge in [0.15, 0.2) is 0 Å². The number of sulfonamides is 1. The zero-order valence-electron chi connectivity index (χ0n) is 19.4. The van der Waals surface area contributed by atoms with E-state index in [0.717, 1.165) is 60.1 Å². The first-order chi connectivity index (χ1) is 16.3. The van der Waals surface area contributed by atoms with Gasteiger partial charge in [-0.1, -0.05) is 55.3 Å². The molecule has 0 atom stereocenters. The van der Waals surface area contributed by atoms with E-state index in [1.807, 2.05) is 60.7 Å². The molecule has 0 radical (unpaired) electrons. The normalized spacial score (nSPS) is 15.1. The van der Waals surface area contributed by atoms with Gasteiger partial charge in [-0.25, -0.2) is 18.1 Å². The third-order valence-corrected chi connectivity index (χ3v) is 6.98. The van der Waals surface area contributed by atoms with Crippen molar-refractivity contribution < 1.29 is 19.4 Å². The van der Waals surface area contributed by atoms with Crippen LogP contribution in [-0.4, -0.2) is 32.7 Å². The number of amides is 1. The molecule has 0 unspecified atom stereocenters. The summed E-state index contributed by atoms with van der Waals surface area (Å²) in [6.07, 6.45) is 4.75. The van der Waals surface area contributed by atoms with Crippen LogP contribution in [0.4, 0.5) is 5.82 Å². The molecule has 1 saturated carbocycles. The highest BCUT2D eigenvalue weighted by Crippen LogP contribution is 2.42. The maximum atomic E-state index is 13.5. The van der Waals surface area contributed by atoms with Crippen LogP contribution in [0, 0.1) is 0 Å². The van der Waals surface area contributed by atoms with Gasteiger partial charge in [0.1, 0.15) is 11.6 Å². The van der Waals surface area contributed by atoms with Crippen molar-refractivity contribution in [2.24, 2.45) is 0 Å². The number of aromatic nitrogens is 1. The van der Waals surface area contributed by atoms with Crippen LogP contribution in [-0.2, 0) is 26.8 Å². The minimum absolute atomic E-state index is 0. The van der Waals surface area contributed by atoms with Gasteiger partial charge in [0.25, 0.3) is 0 Å². The Labute approximate surface area is 202 Å². The summed E-state index contributed by atoms with van der Waals surface area (Å²) in [5.74, 6) is 1.23. The summed E-state index contributed by atoms with van der Waals surface area (Å²) in [5, 5.41) is 3.05. The molecule has 3 aromatic rings. The molecule has 4 rings (SSSR count). The second kappa shape index (κ2) is 9.95. The summed E-state index contributed by atoms with van der Waals surface area (Å²) in [5.41, 5.74) is 2.88. The Balaban J connectivity index is 0.00000342. The van der Waals surface area contributed by atoms with E-state index in [1.165, 1.54) is 0 Å². The molecular weight excluding hydrogens is 450 g/mol. The number of carbonyl (C=O) groups is 1. The van der Waals surface area contributed by atoms with Gasteiger partial charge in [0, 0.05) is 13.5 Å². The lowest BCUT2D eigenvalue weighted by Crippen LogP contribution is -2.38. The van der Waals surface area contributed by atoms with Crippen molar-refractivity contribution >= 4 is 21.7 Å². The average Bonchev–Trinajstić information content (AvgIpc) is 3.34. The number of nitrogens with zero attached hydrogens (tertiary/aromatic N) is 1. The number of carbonyl (C=O) groups excluding carboxylic acids is 1. The summed E-state index contributed by atoms with van der Waals surface area (Å²) in [6, 6.07) is 20.8. The van der Waals surface area contributed by atoms with Crippen molar-refractivity contribution in [2.75, 3.05) is 18.7 Å². The molecule has 0 bridgehead atoms. The third-order valence-electron chi connectivity index (χ3n) is 6.31. The van der Waals surface area contributed by atoms with Crippen LogP contribution >= 0.6 is 0 Å². The monoisotopic (exact) mass is 481 g/mol. The lowest BCUT2D eigenvalue weighted by molar-refractivity contribution is -0.121. The first-order valence-electron chi connectivity index (χ1n) is 11.3. The van der Waals surface area contributed by atoms with Gasteiger partial charge in [0.05, 0.1) is 24.5 Å². The fourth-order valence-electron chi connectivity index (χ4n) is 4.44. The number of nitrogens with one attached hydrogen (secondary N) is 2. The third kappa shape index (κ3) is 5.46. The molecule has 1 aliphatic rings. The van der Waals surface area contributed by atoms with Crippen LogP contribution in [0.5, 0.6) is 5.75 Å². The molecule has 1 amide bonds. The molecular formula is C26H31N3O4S. The number of methoxy groups -OCH3 is 1. The number of ether oxygens (including phenoxy) is 1. The Hall–Kier alpha value is -3.23. The van der Waals surface area contributed by atoms with E-state index < -0.39 is 15.4 Å². The molecule has 0 spiro atoms. The minimum atomic E-state index is -3.25. The van der Waals surface area contributed by atoms with Gasteiger partial charge in [-0.3, -0.25) is 4.79 Å². The lowest BCUT2D eigenvalue weighted by atomic mass is 9.78. The van der Waals surface area contributed by atoms with Crippen molar-refractivity contribution in [3.05, 3.63) is 77.9 Å². The van der Waals surface area contributed by atoms with Crippen LogP contribution in [0.25, 0.3) is 11.3 Å². The fourth-order valence-corrected chi connectivity index (χ4v) is 4.87. The predicted octanol–water partition coefficient (Wildman–Crippen LogP) is 4.50. The smallest absolute Gasteiger partial charge is 0.236 e. The number of hydrogen-bond acceptors (Lipinski definition) is 5. The molecule has 2 aromatic carbocycles. The Kier molecular flexibility index (Phi) is 7.00. The fraction of sp³-hybridized carbons (Fsp3) is 0.308. The number of rotatable bonds is 8. The van der Waals surface area contributed by atoms with Crippen molar-refractivity contribution in [2.45, 2.75) is 37.6 Å². The second-order valence-electron chi connectivity index (χ2n) is 8.67. The van der Waals surface area contributed by atoms with Gasteiger partial charge in [-0.05, 0) is 48.2 Å². The van der Waals surface area contributed by atoms with Crippen LogP contribution in [0.3, 0.4) is 0 Å². The summed E-state index contributed by atoms with van der Waals surface area (Å²) in [7, 11) is -1.62. The standard InChI is InChI=1S/C26H29N3O4S.H2/c1-33-22-14-12-21(13-15-22)26(16-3-4-17-26)25(30)29-24-7-5-6-23(28-24)20-10-8-19(9-11-20)18-27-34(2,31)32;/h5-15,27H,3-4,16-18H2,1-2H3,(H,28,29,30);1H. The summed E-state index contributed by atoms with van der Waals surface area (Å²) < 4.78 is 30.3. The molecule has 1 heterocycles. The molecule has 0 aliphatic heterocycles. The summed E-state index contributed by atoms with van der Waals surface area (Å²) in [6.45, 7) is 0.232. The Morgan fingerprint density at radius 3 is 2.32 bits per heavy atom. The molecule has 8 heteroatoms. The predicted molar refractivity (Wildman–Crippen MR) is 135 cm³/mol. The number of anilines is 1.